The Morgan fingerprint density at radius 3 is 1.62 bits per heavy atom. The van der Waals surface area contributed by atoms with Crippen molar-refractivity contribution in [3.05, 3.63) is 54.1 Å². The van der Waals surface area contributed by atoms with Crippen molar-refractivity contribution in [2.45, 2.75) is 21.1 Å². The van der Waals surface area contributed by atoms with Crippen LogP contribution in [0, 0.1) is 11.6 Å². The zero-order valence-electron chi connectivity index (χ0n) is 14.9. The largest absolute Gasteiger partial charge is 0.442 e. The summed E-state index contributed by atoms with van der Waals surface area (Å²) < 4.78 is 161. The van der Waals surface area contributed by atoms with E-state index < -0.39 is 68.6 Å². The van der Waals surface area contributed by atoms with E-state index in [1.807, 2.05) is 0 Å². The first-order valence-corrected chi connectivity index (χ1v) is 12.0. The molecule has 0 bridgehead atoms. The molecule has 0 radical (unpaired) electrons. The second-order valence-electron chi connectivity index (χ2n) is 5.91. The molecule has 3 N–H and O–H groups in total. The molecule has 0 spiro atoms. The Bertz CT molecular complexity index is 1330. The predicted molar refractivity (Wildman–Crippen MR) is 95.4 cm³/mol. The molecule has 0 aliphatic heterocycles. The molecule has 0 amide bonds. The number of benzene rings is 2. The zero-order chi connectivity index (χ0) is 24.8. The van der Waals surface area contributed by atoms with Crippen LogP contribution in [0.25, 0.3) is 0 Å². The van der Waals surface area contributed by atoms with E-state index in [4.69, 9.17) is 4.55 Å². The maximum absolute atomic E-state index is 14.1. The lowest BCUT2D eigenvalue weighted by Gasteiger charge is -2.27. The Balaban J connectivity index is 2.37. The highest BCUT2D eigenvalue weighted by atomic mass is 32.3. The molecule has 2 aromatic rings. The molecule has 0 aliphatic carbocycles. The summed E-state index contributed by atoms with van der Waals surface area (Å²) in [5.74, 6) is -2.94. The highest BCUT2D eigenvalue weighted by molar-refractivity contribution is 8.05. The predicted octanol–water partition coefficient (Wildman–Crippen LogP) is 2.12. The van der Waals surface area contributed by atoms with Crippen LogP contribution in [0.2, 0.25) is 0 Å². The molecule has 178 valence electrons. The van der Waals surface area contributed by atoms with Crippen LogP contribution in [-0.2, 0) is 30.2 Å². The second-order valence-corrected chi connectivity index (χ2v) is 11.0. The van der Waals surface area contributed by atoms with Crippen molar-refractivity contribution in [1.29, 1.82) is 0 Å². The average Bonchev–Trinajstić information content (AvgIpc) is 2.58. The smallest absolute Gasteiger partial charge is 0.321 e. The standard InChI is InChI=1S/C14H10F6N2O7S3/c15-8-5-9(16)7-10(6-8)21-13(17,18)14(19,20)32(28,29)22-30(23,24)11-1-3-12(4-2-11)31(25,26)27/h1-7,21-22H,(H,25,26,27). The van der Waals surface area contributed by atoms with Crippen LogP contribution in [0.1, 0.15) is 0 Å². The van der Waals surface area contributed by atoms with Gasteiger partial charge in [-0.3, -0.25) is 4.55 Å². The summed E-state index contributed by atoms with van der Waals surface area (Å²) in [5.41, 5.74) is -1.29. The van der Waals surface area contributed by atoms with E-state index in [0.717, 1.165) is 0 Å². The summed E-state index contributed by atoms with van der Waals surface area (Å²) in [6.07, 6.45) is 0. The molecule has 0 unspecified atom stereocenters. The maximum atomic E-state index is 14.1. The number of sulfonamides is 2. The van der Waals surface area contributed by atoms with Crippen molar-refractivity contribution in [1.82, 2.24) is 4.13 Å². The molecule has 0 aliphatic rings. The van der Waals surface area contributed by atoms with Crippen LogP contribution in [0.15, 0.2) is 52.3 Å². The van der Waals surface area contributed by atoms with Gasteiger partial charge >= 0.3 is 11.3 Å². The molecule has 0 heterocycles. The van der Waals surface area contributed by atoms with Crippen LogP contribution < -0.4 is 9.44 Å². The minimum Gasteiger partial charge on any atom is -0.321 e. The third-order valence-electron chi connectivity index (χ3n) is 3.52. The number of anilines is 1. The Kier molecular flexibility index (Phi) is 6.60. The number of nitrogens with one attached hydrogen (secondary N) is 2. The fourth-order valence-electron chi connectivity index (χ4n) is 2.08. The van der Waals surface area contributed by atoms with Crippen molar-refractivity contribution in [3.8, 4) is 0 Å². The Morgan fingerprint density at radius 2 is 1.19 bits per heavy atom. The van der Waals surface area contributed by atoms with Gasteiger partial charge in [-0.05, 0) is 36.4 Å². The zero-order valence-corrected chi connectivity index (χ0v) is 17.4. The normalized spacial score (nSPS) is 13.7. The van der Waals surface area contributed by atoms with Gasteiger partial charge in [0.2, 0.25) is 0 Å². The van der Waals surface area contributed by atoms with Crippen LogP contribution >= 0.6 is 0 Å². The van der Waals surface area contributed by atoms with Gasteiger partial charge in [0.25, 0.3) is 30.2 Å². The molecule has 2 aromatic carbocycles. The molecule has 0 saturated heterocycles. The highest BCUT2D eigenvalue weighted by Gasteiger charge is 2.67. The molecule has 0 saturated carbocycles. The summed E-state index contributed by atoms with van der Waals surface area (Å²) in [4.78, 5) is -1.99. The van der Waals surface area contributed by atoms with Gasteiger partial charge in [-0.2, -0.15) is 26.0 Å². The summed E-state index contributed by atoms with van der Waals surface area (Å²) in [7, 11) is -17.0. The molecular weight excluding hydrogens is 518 g/mol. The third kappa shape index (κ3) is 5.31. The summed E-state index contributed by atoms with van der Waals surface area (Å²) in [6, 6.07) is -3.60. The van der Waals surface area contributed by atoms with Crippen LogP contribution in [-0.4, -0.2) is 41.1 Å². The molecule has 0 fully saturated rings. The monoisotopic (exact) mass is 528 g/mol. The Morgan fingerprint density at radius 1 is 0.750 bits per heavy atom. The van der Waals surface area contributed by atoms with Gasteiger partial charge in [-0.15, -0.1) is 0 Å². The van der Waals surface area contributed by atoms with Crippen molar-refractivity contribution < 1.29 is 56.1 Å². The van der Waals surface area contributed by atoms with E-state index in [1.165, 1.54) is 0 Å². The minimum absolute atomic E-state index is 0.140. The van der Waals surface area contributed by atoms with Gasteiger partial charge in [0.1, 0.15) is 11.6 Å². The van der Waals surface area contributed by atoms with Gasteiger partial charge in [0, 0.05) is 11.8 Å². The van der Waals surface area contributed by atoms with E-state index in [9.17, 15) is 51.6 Å². The highest BCUT2D eigenvalue weighted by Crippen LogP contribution is 2.39. The fourth-order valence-corrected chi connectivity index (χ4v) is 5.41. The van der Waals surface area contributed by atoms with Crippen molar-refractivity contribution in [2.24, 2.45) is 0 Å². The lowest BCUT2D eigenvalue weighted by atomic mass is 10.3. The van der Waals surface area contributed by atoms with Crippen molar-refractivity contribution >= 4 is 35.9 Å². The molecule has 32 heavy (non-hydrogen) atoms. The molecule has 9 nitrogen and oxygen atoms in total. The van der Waals surface area contributed by atoms with Gasteiger partial charge in [-0.25, -0.2) is 25.6 Å². The first-order valence-electron chi connectivity index (χ1n) is 7.64. The van der Waals surface area contributed by atoms with E-state index in [2.05, 4.69) is 0 Å². The number of halogens is 6. The van der Waals surface area contributed by atoms with E-state index in [-0.39, 0.29) is 18.2 Å². The SMILES string of the molecule is O=S(=O)(O)c1ccc(S(=O)(=O)NS(=O)(=O)C(F)(F)C(F)(F)Nc2cc(F)cc(F)c2)cc1. The third-order valence-corrected chi connectivity index (χ3v) is 7.97. The topological polar surface area (TPSA) is 147 Å². The Hall–Kier alpha value is -2.41. The van der Waals surface area contributed by atoms with Crippen LogP contribution in [0.3, 0.4) is 0 Å². The van der Waals surface area contributed by atoms with Gasteiger partial charge in [-0.1, -0.05) is 4.13 Å². The van der Waals surface area contributed by atoms with E-state index >= 15 is 0 Å². The van der Waals surface area contributed by atoms with E-state index in [0.29, 0.717) is 33.7 Å². The van der Waals surface area contributed by atoms with Gasteiger partial charge < -0.3 is 5.32 Å². The first-order chi connectivity index (χ1) is 14.3. The summed E-state index contributed by atoms with van der Waals surface area (Å²) in [6.45, 7) is 0. The lowest BCUT2D eigenvalue weighted by Crippen LogP contribution is -2.56. The quantitative estimate of drug-likeness (QED) is 0.268. The average molecular weight is 528 g/mol. The molecule has 2 rings (SSSR count). The van der Waals surface area contributed by atoms with Gasteiger partial charge in [0.05, 0.1) is 9.79 Å². The van der Waals surface area contributed by atoms with Crippen LogP contribution in [0.4, 0.5) is 32.0 Å². The first kappa shape index (κ1) is 25.8. The van der Waals surface area contributed by atoms with Crippen molar-refractivity contribution in [2.75, 3.05) is 5.32 Å². The molecule has 18 heteroatoms. The van der Waals surface area contributed by atoms with Gasteiger partial charge in [0.15, 0.2) is 0 Å². The fraction of sp³-hybridized carbons (Fsp3) is 0.143. The van der Waals surface area contributed by atoms with Crippen molar-refractivity contribution in [3.63, 3.8) is 0 Å². The molecule has 0 atom stereocenters. The lowest BCUT2D eigenvalue weighted by molar-refractivity contribution is -0.136. The van der Waals surface area contributed by atoms with Crippen LogP contribution in [0.5, 0.6) is 0 Å². The van der Waals surface area contributed by atoms with E-state index in [1.54, 1.807) is 0 Å². The summed E-state index contributed by atoms with van der Waals surface area (Å²) >= 11 is 0. The Labute approximate surface area is 176 Å². The number of hydrogen-bond donors (Lipinski definition) is 3. The summed E-state index contributed by atoms with van der Waals surface area (Å²) in [5, 5.41) is -5.57. The molecular formula is C14H10F6N2O7S3. The molecule has 0 aromatic heterocycles. The number of hydrogen-bond acceptors (Lipinski definition) is 7. The minimum atomic E-state index is -6.74. The number of alkyl halides is 4. The number of rotatable bonds is 8. The maximum Gasteiger partial charge on any atom is 0.442 e. The second kappa shape index (κ2) is 8.18.